The van der Waals surface area contributed by atoms with Crippen molar-refractivity contribution in [3.63, 3.8) is 0 Å². The van der Waals surface area contributed by atoms with Gasteiger partial charge in [0.2, 0.25) is 10.0 Å². The van der Waals surface area contributed by atoms with Crippen molar-refractivity contribution in [2.45, 2.75) is 56.6 Å². The molecule has 0 unspecified atom stereocenters. The molecule has 2 rings (SSSR count). The highest BCUT2D eigenvalue weighted by atomic mass is 32.2. The minimum atomic E-state index is -3.58. The van der Waals surface area contributed by atoms with E-state index in [0.717, 1.165) is 12.0 Å². The number of benzene rings is 1. The normalized spacial score (nSPS) is 22.6. The number of hydrogen-bond donors (Lipinski definition) is 3. The zero-order chi connectivity index (χ0) is 14.9. The molecule has 1 aromatic rings. The number of aryl methyl sites for hydroxylation is 1. The van der Waals surface area contributed by atoms with Gasteiger partial charge in [0.1, 0.15) is 0 Å². The summed E-state index contributed by atoms with van der Waals surface area (Å²) >= 11 is 0. The highest BCUT2D eigenvalue weighted by molar-refractivity contribution is 7.89. The van der Waals surface area contributed by atoms with Crippen molar-refractivity contribution in [2.75, 3.05) is 5.73 Å². The second kappa shape index (κ2) is 5.71. The highest BCUT2D eigenvalue weighted by Crippen LogP contribution is 2.27. The van der Waals surface area contributed by atoms with Gasteiger partial charge in [-0.15, -0.1) is 0 Å². The molecule has 0 spiro atoms. The fraction of sp³-hybridized carbons (Fsp3) is 0.571. The van der Waals surface area contributed by atoms with E-state index in [9.17, 15) is 13.5 Å². The molecule has 1 aliphatic rings. The van der Waals surface area contributed by atoms with E-state index in [1.54, 1.807) is 6.07 Å². The zero-order valence-corrected chi connectivity index (χ0v) is 12.7. The van der Waals surface area contributed by atoms with Crippen molar-refractivity contribution in [3.05, 3.63) is 23.3 Å². The Morgan fingerprint density at radius 1 is 1.30 bits per heavy atom. The van der Waals surface area contributed by atoms with Gasteiger partial charge < -0.3 is 10.8 Å². The summed E-state index contributed by atoms with van der Waals surface area (Å²) in [6, 6.07) is 3.36. The number of nitrogen functional groups attached to an aromatic ring is 1. The first-order valence-corrected chi connectivity index (χ1v) is 8.47. The molecule has 0 heterocycles. The lowest BCUT2D eigenvalue weighted by molar-refractivity contribution is 0.0712. The third-order valence-corrected chi connectivity index (χ3v) is 5.38. The van der Waals surface area contributed by atoms with Gasteiger partial charge in [-0.3, -0.25) is 0 Å². The van der Waals surface area contributed by atoms with Crippen molar-refractivity contribution in [2.24, 2.45) is 0 Å². The van der Waals surface area contributed by atoms with Crippen molar-refractivity contribution in [1.29, 1.82) is 0 Å². The van der Waals surface area contributed by atoms with Gasteiger partial charge in [0.25, 0.3) is 0 Å². The van der Waals surface area contributed by atoms with Crippen molar-refractivity contribution < 1.29 is 13.5 Å². The van der Waals surface area contributed by atoms with Crippen molar-refractivity contribution >= 4 is 15.7 Å². The van der Waals surface area contributed by atoms with Crippen LogP contribution in [0.2, 0.25) is 0 Å². The summed E-state index contributed by atoms with van der Waals surface area (Å²) in [6.07, 6.45) is 1.87. The summed E-state index contributed by atoms with van der Waals surface area (Å²) in [4.78, 5) is 0.276. The minimum Gasteiger partial charge on any atom is -0.398 e. The van der Waals surface area contributed by atoms with E-state index >= 15 is 0 Å². The Kier molecular flexibility index (Phi) is 4.36. The minimum absolute atomic E-state index is 0.175. The quantitative estimate of drug-likeness (QED) is 0.712. The number of nitrogens with one attached hydrogen (secondary N) is 1. The zero-order valence-electron chi connectivity index (χ0n) is 11.9. The van der Waals surface area contributed by atoms with Crippen LogP contribution in [0.15, 0.2) is 17.0 Å². The molecular weight excluding hydrogens is 276 g/mol. The molecule has 1 fully saturated rings. The Bertz CT molecular complexity index is 593. The van der Waals surface area contributed by atoms with Crippen LogP contribution in [0.4, 0.5) is 5.69 Å². The maximum Gasteiger partial charge on any atom is 0.241 e. The lowest BCUT2D eigenvalue weighted by atomic mass is 9.91. The summed E-state index contributed by atoms with van der Waals surface area (Å²) < 4.78 is 27.6. The first kappa shape index (κ1) is 15.3. The van der Waals surface area contributed by atoms with Gasteiger partial charge in [0.15, 0.2) is 0 Å². The lowest BCUT2D eigenvalue weighted by Gasteiger charge is -2.32. The Balaban J connectivity index is 2.36. The predicted octanol–water partition coefficient (Wildman–Crippen LogP) is 1.20. The molecular formula is C14H22N2O3S. The second-order valence-electron chi connectivity index (χ2n) is 5.31. The maximum absolute atomic E-state index is 12.5. The molecule has 112 valence electrons. The van der Waals surface area contributed by atoms with Crippen LogP contribution >= 0.6 is 0 Å². The van der Waals surface area contributed by atoms with Gasteiger partial charge in [0.05, 0.1) is 11.0 Å². The molecule has 0 radical (unpaired) electrons. The van der Waals surface area contributed by atoms with Gasteiger partial charge in [-0.05, 0) is 48.9 Å². The Morgan fingerprint density at radius 2 is 1.95 bits per heavy atom. The first-order chi connectivity index (χ1) is 9.37. The molecule has 4 N–H and O–H groups in total. The average molecular weight is 298 g/mol. The van der Waals surface area contributed by atoms with Gasteiger partial charge in [-0.2, -0.15) is 0 Å². The van der Waals surface area contributed by atoms with Crippen LogP contribution in [0.1, 0.15) is 37.8 Å². The Labute approximate surface area is 120 Å². The smallest absolute Gasteiger partial charge is 0.241 e. The lowest BCUT2D eigenvalue weighted by Crippen LogP contribution is -2.46. The van der Waals surface area contributed by atoms with Gasteiger partial charge in [-0.1, -0.05) is 13.8 Å². The number of aliphatic hydroxyl groups is 1. The Morgan fingerprint density at radius 3 is 2.45 bits per heavy atom. The number of sulfonamides is 1. The van der Waals surface area contributed by atoms with Crippen molar-refractivity contribution in [1.82, 2.24) is 4.72 Å². The summed E-state index contributed by atoms with van der Waals surface area (Å²) in [5.41, 5.74) is 8.07. The molecule has 1 aromatic carbocycles. The third kappa shape index (κ3) is 2.97. The van der Waals surface area contributed by atoms with E-state index < -0.39 is 10.0 Å². The predicted molar refractivity (Wildman–Crippen MR) is 79.0 cm³/mol. The molecule has 0 bridgehead atoms. The van der Waals surface area contributed by atoms with E-state index in [2.05, 4.69) is 4.72 Å². The molecule has 5 nitrogen and oxygen atoms in total. The van der Waals surface area contributed by atoms with Gasteiger partial charge in [-0.25, -0.2) is 13.1 Å². The van der Waals surface area contributed by atoms with Crippen LogP contribution in [-0.2, 0) is 22.9 Å². The fourth-order valence-electron chi connectivity index (χ4n) is 2.52. The summed E-state index contributed by atoms with van der Waals surface area (Å²) in [7, 11) is -3.58. The summed E-state index contributed by atoms with van der Waals surface area (Å²) in [5, 5.41) is 9.26. The number of nitrogens with two attached hydrogens (primary N) is 1. The number of hydrogen-bond acceptors (Lipinski definition) is 4. The molecule has 1 saturated carbocycles. The monoisotopic (exact) mass is 298 g/mol. The van der Waals surface area contributed by atoms with Crippen LogP contribution in [0.5, 0.6) is 0 Å². The first-order valence-electron chi connectivity index (χ1n) is 6.99. The molecule has 0 amide bonds. The Hall–Kier alpha value is -1.11. The van der Waals surface area contributed by atoms with E-state index in [1.807, 2.05) is 19.9 Å². The van der Waals surface area contributed by atoms with Crippen LogP contribution in [-0.4, -0.2) is 25.7 Å². The number of anilines is 1. The number of aliphatic hydroxyl groups excluding tert-OH is 1. The second-order valence-corrected chi connectivity index (χ2v) is 6.99. The molecule has 0 saturated heterocycles. The van der Waals surface area contributed by atoms with E-state index in [0.29, 0.717) is 30.5 Å². The number of rotatable bonds is 5. The largest absolute Gasteiger partial charge is 0.398 e. The fourth-order valence-corrected chi connectivity index (χ4v) is 4.17. The van der Waals surface area contributed by atoms with Crippen LogP contribution < -0.4 is 10.5 Å². The highest BCUT2D eigenvalue weighted by Gasteiger charge is 2.32. The van der Waals surface area contributed by atoms with E-state index in [4.69, 9.17) is 5.73 Å². The van der Waals surface area contributed by atoms with Gasteiger partial charge >= 0.3 is 0 Å². The average Bonchev–Trinajstić information content (AvgIpc) is 2.35. The maximum atomic E-state index is 12.5. The standard InChI is InChI=1S/C14H22N2O3S/c1-3-9-5-13(15)12(4-2)14(6-9)20(18,19)16-10-7-11(17)8-10/h5-6,10-11,16-17H,3-4,7-8,15H2,1-2H3. The molecule has 20 heavy (non-hydrogen) atoms. The van der Waals surface area contributed by atoms with E-state index in [1.165, 1.54) is 0 Å². The van der Waals surface area contributed by atoms with Crippen LogP contribution in [0, 0.1) is 0 Å². The van der Waals surface area contributed by atoms with Crippen LogP contribution in [0.3, 0.4) is 0 Å². The topological polar surface area (TPSA) is 92.4 Å². The van der Waals surface area contributed by atoms with Gasteiger partial charge in [0, 0.05) is 11.7 Å². The molecule has 0 aromatic heterocycles. The van der Waals surface area contributed by atoms with Crippen molar-refractivity contribution in [3.8, 4) is 0 Å². The molecule has 6 heteroatoms. The van der Waals surface area contributed by atoms with Crippen LogP contribution in [0.25, 0.3) is 0 Å². The van der Waals surface area contributed by atoms with E-state index in [-0.39, 0.29) is 17.0 Å². The third-order valence-electron chi connectivity index (χ3n) is 3.79. The summed E-state index contributed by atoms with van der Waals surface area (Å²) in [5.74, 6) is 0. The molecule has 0 aliphatic heterocycles. The summed E-state index contributed by atoms with van der Waals surface area (Å²) in [6.45, 7) is 3.86. The SMILES string of the molecule is CCc1cc(N)c(CC)c(S(=O)(=O)NC2CC(O)C2)c1. The molecule has 0 atom stereocenters. The molecule has 1 aliphatic carbocycles.